The first-order valence-corrected chi connectivity index (χ1v) is 9.36. The zero-order chi connectivity index (χ0) is 17.3. The third kappa shape index (κ3) is 3.28. The van der Waals surface area contributed by atoms with Crippen molar-refractivity contribution in [3.8, 4) is 0 Å². The van der Waals surface area contributed by atoms with Crippen LogP contribution in [-0.4, -0.2) is 20.9 Å². The molecular weight excluding hydrogens is 324 g/mol. The Balaban J connectivity index is 1.87. The Bertz CT molecular complexity index is 891. The second-order valence-electron chi connectivity index (χ2n) is 6.05. The van der Waals surface area contributed by atoms with Gasteiger partial charge in [-0.25, -0.2) is 8.42 Å². The molecule has 0 saturated carbocycles. The minimum absolute atomic E-state index is 0.0733. The molecule has 0 radical (unpaired) electrons. The molecule has 1 saturated heterocycles. The fourth-order valence-electron chi connectivity index (χ4n) is 2.75. The fraction of sp³-hybridized carbons (Fsp3) is 0.278. The number of carbonyl (C=O) groups excluding carboxylic acids is 1. The standard InChI is InChI=1S/C18H20N2O3S/c1-13-8-9-17(11-14(13)2)24(22,23)19-15-5-3-6-16(12-15)20-10-4-7-18(20)21/h3,5-6,8-9,11-12,19H,4,7,10H2,1-2H3. The van der Waals surface area contributed by atoms with Crippen molar-refractivity contribution in [2.45, 2.75) is 31.6 Å². The topological polar surface area (TPSA) is 66.5 Å². The molecule has 2 aromatic rings. The fourth-order valence-corrected chi connectivity index (χ4v) is 3.89. The van der Waals surface area contributed by atoms with Gasteiger partial charge in [0.15, 0.2) is 0 Å². The maximum atomic E-state index is 12.6. The van der Waals surface area contributed by atoms with E-state index in [2.05, 4.69) is 4.72 Å². The maximum absolute atomic E-state index is 12.6. The highest BCUT2D eigenvalue weighted by molar-refractivity contribution is 7.92. The molecule has 0 atom stereocenters. The number of hydrogen-bond acceptors (Lipinski definition) is 3. The minimum atomic E-state index is -3.66. The van der Waals surface area contributed by atoms with Crippen molar-refractivity contribution < 1.29 is 13.2 Å². The molecule has 3 rings (SSSR count). The van der Waals surface area contributed by atoms with Gasteiger partial charge in [-0.2, -0.15) is 0 Å². The van der Waals surface area contributed by atoms with Crippen LogP contribution in [0.5, 0.6) is 0 Å². The average Bonchev–Trinajstić information content (AvgIpc) is 2.96. The van der Waals surface area contributed by atoms with Crippen molar-refractivity contribution in [1.29, 1.82) is 0 Å². The van der Waals surface area contributed by atoms with Crippen LogP contribution in [-0.2, 0) is 14.8 Å². The van der Waals surface area contributed by atoms with Gasteiger partial charge in [-0.1, -0.05) is 12.1 Å². The Hall–Kier alpha value is -2.34. The lowest BCUT2D eigenvalue weighted by Crippen LogP contribution is -2.23. The molecule has 5 nitrogen and oxygen atoms in total. The molecule has 0 aromatic heterocycles. The van der Waals surface area contributed by atoms with Gasteiger partial charge in [0.25, 0.3) is 10.0 Å². The summed E-state index contributed by atoms with van der Waals surface area (Å²) in [5, 5.41) is 0. The van der Waals surface area contributed by atoms with Gasteiger partial charge < -0.3 is 4.90 Å². The van der Waals surface area contributed by atoms with Gasteiger partial charge in [0.05, 0.1) is 10.6 Å². The van der Waals surface area contributed by atoms with Crippen LogP contribution in [0, 0.1) is 13.8 Å². The van der Waals surface area contributed by atoms with Gasteiger partial charge in [0.2, 0.25) is 5.91 Å². The lowest BCUT2D eigenvalue weighted by atomic mass is 10.1. The monoisotopic (exact) mass is 344 g/mol. The summed E-state index contributed by atoms with van der Waals surface area (Å²) in [6.07, 6.45) is 1.37. The number of sulfonamides is 1. The van der Waals surface area contributed by atoms with E-state index in [1.165, 1.54) is 0 Å². The van der Waals surface area contributed by atoms with Crippen LogP contribution in [0.1, 0.15) is 24.0 Å². The van der Waals surface area contributed by atoms with Crippen LogP contribution >= 0.6 is 0 Å². The van der Waals surface area contributed by atoms with E-state index in [4.69, 9.17) is 0 Å². The molecule has 0 spiro atoms. The first-order valence-electron chi connectivity index (χ1n) is 7.87. The number of hydrogen-bond donors (Lipinski definition) is 1. The highest BCUT2D eigenvalue weighted by atomic mass is 32.2. The second kappa shape index (κ2) is 6.28. The van der Waals surface area contributed by atoms with Crippen LogP contribution in [0.15, 0.2) is 47.4 Å². The third-order valence-electron chi connectivity index (χ3n) is 4.27. The molecule has 0 unspecified atom stereocenters. The number of amides is 1. The molecule has 6 heteroatoms. The predicted molar refractivity (Wildman–Crippen MR) is 94.8 cm³/mol. The van der Waals surface area contributed by atoms with Crippen LogP contribution in [0.4, 0.5) is 11.4 Å². The number of aryl methyl sites for hydroxylation is 2. The van der Waals surface area contributed by atoms with E-state index in [1.807, 2.05) is 19.9 Å². The van der Waals surface area contributed by atoms with Crippen molar-refractivity contribution in [2.24, 2.45) is 0 Å². The molecule has 1 aliphatic rings. The maximum Gasteiger partial charge on any atom is 0.261 e. The highest BCUT2D eigenvalue weighted by Crippen LogP contribution is 2.26. The first kappa shape index (κ1) is 16.5. The van der Waals surface area contributed by atoms with Crippen molar-refractivity contribution in [3.63, 3.8) is 0 Å². The number of benzene rings is 2. The summed E-state index contributed by atoms with van der Waals surface area (Å²) in [6, 6.07) is 12.0. The zero-order valence-corrected chi connectivity index (χ0v) is 14.6. The van der Waals surface area contributed by atoms with Crippen LogP contribution in [0.3, 0.4) is 0 Å². The number of nitrogens with zero attached hydrogens (tertiary/aromatic N) is 1. The summed E-state index contributed by atoms with van der Waals surface area (Å²) in [6.45, 7) is 4.50. The van der Waals surface area contributed by atoms with Crippen molar-refractivity contribution in [2.75, 3.05) is 16.2 Å². The highest BCUT2D eigenvalue weighted by Gasteiger charge is 2.22. The number of carbonyl (C=O) groups is 1. The predicted octanol–water partition coefficient (Wildman–Crippen LogP) is 3.23. The van der Waals surface area contributed by atoms with Crippen molar-refractivity contribution >= 4 is 27.3 Å². The van der Waals surface area contributed by atoms with Crippen molar-refractivity contribution in [1.82, 2.24) is 0 Å². The quantitative estimate of drug-likeness (QED) is 0.926. The lowest BCUT2D eigenvalue weighted by molar-refractivity contribution is -0.117. The SMILES string of the molecule is Cc1ccc(S(=O)(=O)Nc2cccc(N3CCCC3=O)c2)cc1C. The summed E-state index contributed by atoms with van der Waals surface area (Å²) in [5.41, 5.74) is 3.14. The molecule has 126 valence electrons. The number of nitrogens with one attached hydrogen (secondary N) is 1. The van der Waals surface area contributed by atoms with Crippen LogP contribution in [0.25, 0.3) is 0 Å². The first-order chi connectivity index (χ1) is 11.4. The molecule has 0 bridgehead atoms. The summed E-state index contributed by atoms with van der Waals surface area (Å²) in [4.78, 5) is 13.8. The Labute approximate surface area is 142 Å². The second-order valence-corrected chi connectivity index (χ2v) is 7.73. The summed E-state index contributed by atoms with van der Waals surface area (Å²) >= 11 is 0. The van der Waals surface area contributed by atoms with Crippen LogP contribution in [0.2, 0.25) is 0 Å². The molecule has 1 N–H and O–H groups in total. The summed E-state index contributed by atoms with van der Waals surface area (Å²) < 4.78 is 27.7. The largest absolute Gasteiger partial charge is 0.312 e. The lowest BCUT2D eigenvalue weighted by Gasteiger charge is -2.17. The normalized spacial score (nSPS) is 14.9. The van der Waals surface area contributed by atoms with Gasteiger partial charge in [0.1, 0.15) is 0 Å². The van der Waals surface area contributed by atoms with Gasteiger partial charge in [-0.05, 0) is 61.7 Å². The van der Waals surface area contributed by atoms with Gasteiger partial charge in [-0.3, -0.25) is 9.52 Å². The van der Waals surface area contributed by atoms with Gasteiger partial charge in [0, 0.05) is 18.7 Å². The molecule has 1 aliphatic heterocycles. The minimum Gasteiger partial charge on any atom is -0.312 e. The molecule has 24 heavy (non-hydrogen) atoms. The molecule has 1 amide bonds. The van der Waals surface area contributed by atoms with E-state index in [0.29, 0.717) is 18.7 Å². The Morgan fingerprint density at radius 3 is 2.50 bits per heavy atom. The molecule has 2 aromatic carbocycles. The van der Waals surface area contributed by atoms with E-state index in [0.717, 1.165) is 23.2 Å². The average molecular weight is 344 g/mol. The molecule has 0 aliphatic carbocycles. The molecule has 1 fully saturated rings. The van der Waals surface area contributed by atoms with Crippen molar-refractivity contribution in [3.05, 3.63) is 53.6 Å². The van der Waals surface area contributed by atoms with Crippen LogP contribution < -0.4 is 9.62 Å². The van der Waals surface area contributed by atoms with E-state index in [1.54, 1.807) is 41.3 Å². The van der Waals surface area contributed by atoms with E-state index >= 15 is 0 Å². The Morgan fingerprint density at radius 2 is 1.83 bits per heavy atom. The smallest absolute Gasteiger partial charge is 0.261 e. The zero-order valence-electron chi connectivity index (χ0n) is 13.7. The van der Waals surface area contributed by atoms with E-state index in [-0.39, 0.29) is 10.8 Å². The van der Waals surface area contributed by atoms with E-state index in [9.17, 15) is 13.2 Å². The number of anilines is 2. The molecular formula is C18H20N2O3S. The van der Waals surface area contributed by atoms with Gasteiger partial charge >= 0.3 is 0 Å². The number of rotatable bonds is 4. The van der Waals surface area contributed by atoms with Gasteiger partial charge in [-0.15, -0.1) is 0 Å². The summed E-state index contributed by atoms with van der Waals surface area (Å²) in [7, 11) is -3.66. The Morgan fingerprint density at radius 1 is 1.04 bits per heavy atom. The third-order valence-corrected chi connectivity index (χ3v) is 5.65. The summed E-state index contributed by atoms with van der Waals surface area (Å²) in [5.74, 6) is 0.0733. The van der Waals surface area contributed by atoms with E-state index < -0.39 is 10.0 Å². The molecule has 1 heterocycles. The Kier molecular flexibility index (Phi) is 4.32.